The van der Waals surface area contributed by atoms with Crippen molar-refractivity contribution in [3.8, 4) is 0 Å². The lowest BCUT2D eigenvalue weighted by Crippen LogP contribution is -2.09. The van der Waals surface area contributed by atoms with Crippen molar-refractivity contribution in [1.82, 2.24) is 0 Å². The number of aliphatic hydroxyl groups excluding tert-OH is 1. The van der Waals surface area contributed by atoms with Crippen molar-refractivity contribution in [2.24, 2.45) is 5.73 Å². The Kier molecular flexibility index (Phi) is 15.4. The van der Waals surface area contributed by atoms with Crippen LogP contribution < -0.4 is 5.73 Å². The first kappa shape index (κ1) is 20.4. The molecule has 0 heterocycles. The number of hydrogen-bond acceptors (Lipinski definition) is 2. The fourth-order valence-electron chi connectivity index (χ4n) is 2.69. The molecule has 0 fully saturated rings. The van der Waals surface area contributed by atoms with Crippen molar-refractivity contribution in [3.63, 3.8) is 0 Å². The van der Waals surface area contributed by atoms with Crippen molar-refractivity contribution < 1.29 is 9.90 Å². The third-order valence-corrected chi connectivity index (χ3v) is 4.10. The van der Waals surface area contributed by atoms with Crippen LogP contribution >= 0.6 is 0 Å². The number of amides is 1. The SMILES string of the molecule is CCCCCCC(O)CCCCCCCCCCC(N)=O. The highest BCUT2D eigenvalue weighted by Gasteiger charge is 2.03. The molecule has 0 aromatic carbocycles. The molecule has 1 atom stereocenters. The molecule has 1 unspecified atom stereocenters. The lowest BCUT2D eigenvalue weighted by Gasteiger charge is -2.10. The van der Waals surface area contributed by atoms with E-state index in [-0.39, 0.29) is 12.0 Å². The minimum atomic E-state index is -0.178. The zero-order valence-electron chi connectivity index (χ0n) is 14.1. The van der Waals surface area contributed by atoms with Crippen LogP contribution in [0, 0.1) is 0 Å². The van der Waals surface area contributed by atoms with Gasteiger partial charge in [0.25, 0.3) is 0 Å². The van der Waals surface area contributed by atoms with E-state index in [9.17, 15) is 9.90 Å². The second kappa shape index (κ2) is 15.8. The Hall–Kier alpha value is -0.570. The van der Waals surface area contributed by atoms with Crippen LogP contribution in [-0.4, -0.2) is 17.1 Å². The van der Waals surface area contributed by atoms with Gasteiger partial charge < -0.3 is 10.8 Å². The first-order chi connectivity index (χ1) is 10.2. The molecular weight excluding hydrogens is 262 g/mol. The summed E-state index contributed by atoms with van der Waals surface area (Å²) in [4.78, 5) is 10.6. The number of nitrogens with two attached hydrogens (primary N) is 1. The molecule has 0 saturated carbocycles. The number of hydrogen-bond donors (Lipinski definition) is 2. The molecule has 0 saturated heterocycles. The third kappa shape index (κ3) is 17.4. The Morgan fingerprint density at radius 3 is 1.71 bits per heavy atom. The average Bonchev–Trinajstić information content (AvgIpc) is 2.45. The van der Waals surface area contributed by atoms with Crippen molar-refractivity contribution >= 4 is 5.91 Å². The van der Waals surface area contributed by atoms with Crippen molar-refractivity contribution in [1.29, 1.82) is 0 Å². The maximum absolute atomic E-state index is 10.6. The molecule has 1 amide bonds. The summed E-state index contributed by atoms with van der Waals surface area (Å²) in [5.74, 6) is -0.178. The van der Waals surface area contributed by atoms with Gasteiger partial charge in [-0.3, -0.25) is 4.79 Å². The number of primary amides is 1. The van der Waals surface area contributed by atoms with E-state index in [2.05, 4.69) is 6.92 Å². The number of aliphatic hydroxyl groups is 1. The zero-order valence-corrected chi connectivity index (χ0v) is 14.1. The summed E-state index contributed by atoms with van der Waals surface area (Å²) in [5.41, 5.74) is 5.10. The van der Waals surface area contributed by atoms with E-state index >= 15 is 0 Å². The summed E-state index contributed by atoms with van der Waals surface area (Å²) in [6.07, 6.45) is 16.9. The molecule has 3 N–H and O–H groups in total. The summed E-state index contributed by atoms with van der Waals surface area (Å²) in [5, 5.41) is 9.86. The minimum absolute atomic E-state index is 0.0735. The van der Waals surface area contributed by atoms with E-state index in [1.54, 1.807) is 0 Å². The monoisotopic (exact) mass is 299 g/mol. The van der Waals surface area contributed by atoms with Crippen LogP contribution in [0.15, 0.2) is 0 Å². The standard InChI is InChI=1S/C18H37NO2/c1-2-3-4-11-14-17(20)15-12-9-7-5-6-8-10-13-16-18(19)21/h17,20H,2-16H2,1H3,(H2,19,21). The predicted octanol–water partition coefficient (Wildman–Crippen LogP) is 4.70. The van der Waals surface area contributed by atoms with E-state index in [1.807, 2.05) is 0 Å². The van der Waals surface area contributed by atoms with E-state index in [1.165, 1.54) is 57.8 Å². The number of unbranched alkanes of at least 4 members (excludes halogenated alkanes) is 10. The van der Waals surface area contributed by atoms with Gasteiger partial charge in [0.1, 0.15) is 0 Å². The normalized spacial score (nSPS) is 12.5. The second-order valence-corrected chi connectivity index (χ2v) is 6.34. The summed E-state index contributed by atoms with van der Waals surface area (Å²) in [6.45, 7) is 2.22. The molecule has 3 nitrogen and oxygen atoms in total. The molecule has 0 aliphatic heterocycles. The molecule has 0 aromatic heterocycles. The van der Waals surface area contributed by atoms with Gasteiger partial charge in [0.2, 0.25) is 5.91 Å². The van der Waals surface area contributed by atoms with Gasteiger partial charge in [-0.15, -0.1) is 0 Å². The molecule has 0 rings (SSSR count). The zero-order chi connectivity index (χ0) is 15.8. The van der Waals surface area contributed by atoms with E-state index in [0.717, 1.165) is 32.1 Å². The van der Waals surface area contributed by atoms with Crippen LogP contribution in [-0.2, 0) is 4.79 Å². The van der Waals surface area contributed by atoms with Crippen molar-refractivity contribution in [3.05, 3.63) is 0 Å². The molecule has 3 heteroatoms. The van der Waals surface area contributed by atoms with Crippen LogP contribution in [0.2, 0.25) is 0 Å². The molecule has 21 heavy (non-hydrogen) atoms. The van der Waals surface area contributed by atoms with Gasteiger partial charge in [0, 0.05) is 6.42 Å². The van der Waals surface area contributed by atoms with Crippen LogP contribution in [0.25, 0.3) is 0 Å². The Morgan fingerprint density at radius 2 is 1.24 bits per heavy atom. The second-order valence-electron chi connectivity index (χ2n) is 6.34. The largest absolute Gasteiger partial charge is 0.393 e. The van der Waals surface area contributed by atoms with Crippen LogP contribution in [0.5, 0.6) is 0 Å². The molecule has 0 aromatic rings. The molecule has 126 valence electrons. The van der Waals surface area contributed by atoms with Crippen LogP contribution in [0.1, 0.15) is 103 Å². The summed E-state index contributed by atoms with van der Waals surface area (Å²) >= 11 is 0. The van der Waals surface area contributed by atoms with Crippen LogP contribution in [0.4, 0.5) is 0 Å². The summed E-state index contributed by atoms with van der Waals surface area (Å²) in [6, 6.07) is 0. The predicted molar refractivity (Wildman–Crippen MR) is 90.1 cm³/mol. The molecule has 0 bridgehead atoms. The minimum Gasteiger partial charge on any atom is -0.393 e. The maximum Gasteiger partial charge on any atom is 0.217 e. The first-order valence-corrected chi connectivity index (χ1v) is 9.13. The molecule has 0 spiro atoms. The highest BCUT2D eigenvalue weighted by molar-refractivity contribution is 5.73. The van der Waals surface area contributed by atoms with Crippen molar-refractivity contribution in [2.75, 3.05) is 0 Å². The lowest BCUT2D eigenvalue weighted by molar-refractivity contribution is -0.118. The molecule has 0 aliphatic rings. The van der Waals surface area contributed by atoms with Gasteiger partial charge in [-0.05, 0) is 19.3 Å². The van der Waals surface area contributed by atoms with Crippen molar-refractivity contribution in [2.45, 2.75) is 109 Å². The fraction of sp³-hybridized carbons (Fsp3) is 0.944. The first-order valence-electron chi connectivity index (χ1n) is 9.13. The molecule has 0 aliphatic carbocycles. The molecular formula is C18H37NO2. The van der Waals surface area contributed by atoms with Gasteiger partial charge >= 0.3 is 0 Å². The number of carbonyl (C=O) groups excluding carboxylic acids is 1. The number of rotatable bonds is 16. The van der Waals surface area contributed by atoms with Gasteiger partial charge in [0.05, 0.1) is 6.10 Å². The van der Waals surface area contributed by atoms with Gasteiger partial charge in [0.15, 0.2) is 0 Å². The Balaban J connectivity index is 3.12. The van der Waals surface area contributed by atoms with Crippen LogP contribution in [0.3, 0.4) is 0 Å². The Bertz CT molecular complexity index is 231. The van der Waals surface area contributed by atoms with Gasteiger partial charge in [-0.2, -0.15) is 0 Å². The number of carbonyl (C=O) groups is 1. The summed E-state index contributed by atoms with van der Waals surface area (Å²) in [7, 11) is 0. The highest BCUT2D eigenvalue weighted by Crippen LogP contribution is 2.14. The Morgan fingerprint density at radius 1 is 0.810 bits per heavy atom. The lowest BCUT2D eigenvalue weighted by atomic mass is 10.0. The average molecular weight is 299 g/mol. The Labute approximate surface area is 131 Å². The highest BCUT2D eigenvalue weighted by atomic mass is 16.3. The smallest absolute Gasteiger partial charge is 0.217 e. The van der Waals surface area contributed by atoms with E-state index in [0.29, 0.717) is 6.42 Å². The van der Waals surface area contributed by atoms with E-state index in [4.69, 9.17) is 5.73 Å². The van der Waals surface area contributed by atoms with Gasteiger partial charge in [-0.1, -0.05) is 77.6 Å². The maximum atomic E-state index is 10.6. The van der Waals surface area contributed by atoms with Gasteiger partial charge in [-0.25, -0.2) is 0 Å². The quantitative estimate of drug-likeness (QED) is 0.406. The fourth-order valence-corrected chi connectivity index (χ4v) is 2.69. The van der Waals surface area contributed by atoms with E-state index < -0.39 is 0 Å². The topological polar surface area (TPSA) is 63.3 Å². The third-order valence-electron chi connectivity index (χ3n) is 4.10. The molecule has 0 radical (unpaired) electrons. The summed E-state index contributed by atoms with van der Waals surface area (Å²) < 4.78 is 0.